The molecule has 11 atom stereocenters. The largest absolute Gasteiger partial charge is 0.0847 e. The normalized spacial score (nSPS) is 80.4. The first-order chi connectivity index (χ1) is 9.21. The molecular weight excluding hydrogens is 296 g/mol. The molecule has 10 rings (SSSR count). The molecule has 10 saturated carbocycles. The quantitative estimate of drug-likeness (QED) is 0.578. The van der Waals surface area contributed by atoms with E-state index in [0.717, 1.165) is 35.0 Å². The summed E-state index contributed by atoms with van der Waals surface area (Å²) in [7, 11) is 0. The van der Waals surface area contributed by atoms with E-state index in [1.165, 1.54) is 23.7 Å². The lowest BCUT2D eigenvalue weighted by molar-refractivity contribution is -0.336. The van der Waals surface area contributed by atoms with Crippen LogP contribution < -0.4 is 0 Å². The first kappa shape index (κ1) is 10.2. The van der Waals surface area contributed by atoms with Crippen LogP contribution in [-0.4, -0.2) is 4.32 Å². The van der Waals surface area contributed by atoms with Gasteiger partial charge < -0.3 is 0 Å². The van der Waals surface area contributed by atoms with Gasteiger partial charge in [0.15, 0.2) is 0 Å². The van der Waals surface area contributed by atoms with Crippen LogP contribution in [0.5, 0.6) is 0 Å². The Balaban J connectivity index is 1.57. The SMILES string of the molecule is BrC12CC3[C@H]4CC5C[C@@H]3[C@@H]3[C@@H]1CC1C[C@@H]2[C@H]4C3(C5)C1. The lowest BCUT2D eigenvalue weighted by Gasteiger charge is -2.85. The molecule has 0 aromatic carbocycles. The molecule has 0 aromatic heterocycles. The van der Waals surface area contributed by atoms with E-state index < -0.39 is 0 Å². The molecule has 10 fully saturated rings. The molecule has 0 radical (unpaired) electrons. The van der Waals surface area contributed by atoms with Crippen molar-refractivity contribution in [3.63, 3.8) is 0 Å². The molecule has 0 heterocycles. The Morgan fingerprint density at radius 3 is 1.89 bits per heavy atom. The second kappa shape index (κ2) is 2.61. The summed E-state index contributed by atoms with van der Waals surface area (Å²) in [5.74, 6) is 10.4. The summed E-state index contributed by atoms with van der Waals surface area (Å²) in [6.45, 7) is 0. The highest BCUT2D eigenvalue weighted by molar-refractivity contribution is 9.10. The van der Waals surface area contributed by atoms with E-state index in [1.54, 1.807) is 44.9 Å². The van der Waals surface area contributed by atoms with Gasteiger partial charge in [-0.3, -0.25) is 0 Å². The van der Waals surface area contributed by atoms with Gasteiger partial charge in [-0.2, -0.15) is 0 Å². The van der Waals surface area contributed by atoms with Crippen LogP contribution in [0, 0.1) is 58.7 Å². The predicted octanol–water partition coefficient (Wildman–Crippen LogP) is 4.48. The molecule has 0 saturated heterocycles. The molecule has 11 bridgehead atoms. The summed E-state index contributed by atoms with van der Waals surface area (Å²) in [5.41, 5.74) is 0.890. The third kappa shape index (κ3) is 0.795. The van der Waals surface area contributed by atoms with Crippen molar-refractivity contribution in [1.82, 2.24) is 0 Å². The van der Waals surface area contributed by atoms with Crippen LogP contribution in [0.2, 0.25) is 0 Å². The van der Waals surface area contributed by atoms with Crippen molar-refractivity contribution in [2.75, 3.05) is 0 Å². The van der Waals surface area contributed by atoms with Crippen LogP contribution in [0.1, 0.15) is 44.9 Å². The van der Waals surface area contributed by atoms with Crippen molar-refractivity contribution in [1.29, 1.82) is 0 Å². The predicted molar refractivity (Wildman–Crippen MR) is 77.8 cm³/mol. The molecule has 19 heavy (non-hydrogen) atoms. The van der Waals surface area contributed by atoms with Gasteiger partial charge in [0.25, 0.3) is 0 Å². The van der Waals surface area contributed by atoms with Crippen LogP contribution in [0.15, 0.2) is 0 Å². The summed E-state index contributed by atoms with van der Waals surface area (Å²) >= 11 is 4.40. The van der Waals surface area contributed by atoms with Crippen molar-refractivity contribution in [2.24, 2.45) is 58.7 Å². The Kier molecular flexibility index (Phi) is 1.41. The lowest BCUT2D eigenvalue weighted by Crippen LogP contribution is -2.80. The average Bonchev–Trinajstić information content (AvgIpc) is 2.37. The zero-order valence-corrected chi connectivity index (χ0v) is 13.1. The van der Waals surface area contributed by atoms with Gasteiger partial charge in [0, 0.05) is 4.32 Å². The minimum atomic E-state index is 0.630. The smallest absolute Gasteiger partial charge is 0.0323 e. The number of halogens is 1. The molecule has 0 aliphatic heterocycles. The third-order valence-corrected chi connectivity index (χ3v) is 11.2. The Morgan fingerprint density at radius 1 is 0.684 bits per heavy atom. The molecule has 0 amide bonds. The Labute approximate surface area is 124 Å². The Morgan fingerprint density at radius 2 is 1.26 bits per heavy atom. The molecule has 10 aliphatic carbocycles. The van der Waals surface area contributed by atoms with Crippen molar-refractivity contribution < 1.29 is 0 Å². The summed E-state index contributed by atoms with van der Waals surface area (Å²) in [4.78, 5) is 0. The maximum atomic E-state index is 4.40. The van der Waals surface area contributed by atoms with Crippen LogP contribution in [0.3, 0.4) is 0 Å². The van der Waals surface area contributed by atoms with Crippen LogP contribution in [0.4, 0.5) is 0 Å². The maximum Gasteiger partial charge on any atom is 0.0323 e. The molecule has 10 aliphatic rings. The van der Waals surface area contributed by atoms with Gasteiger partial charge in [-0.25, -0.2) is 0 Å². The minimum absolute atomic E-state index is 0.630. The molecule has 1 heteroatoms. The molecule has 5 unspecified atom stereocenters. The molecule has 0 N–H and O–H groups in total. The van der Waals surface area contributed by atoms with Crippen molar-refractivity contribution in [3.05, 3.63) is 0 Å². The van der Waals surface area contributed by atoms with Crippen LogP contribution >= 0.6 is 15.9 Å². The van der Waals surface area contributed by atoms with Gasteiger partial charge in [0.1, 0.15) is 0 Å². The van der Waals surface area contributed by atoms with Crippen LogP contribution in [0.25, 0.3) is 0 Å². The lowest BCUT2D eigenvalue weighted by atomic mass is 9.22. The second-order valence-electron chi connectivity index (χ2n) is 9.70. The highest BCUT2D eigenvalue weighted by Crippen LogP contribution is 2.86. The summed E-state index contributed by atoms with van der Waals surface area (Å²) in [6, 6.07) is 0. The number of hydrogen-bond acceptors (Lipinski definition) is 0. The fraction of sp³-hybridized carbons (Fsp3) is 1.00. The molecular formula is C18H23Br. The van der Waals surface area contributed by atoms with Crippen molar-refractivity contribution in [2.45, 2.75) is 49.3 Å². The topological polar surface area (TPSA) is 0 Å². The van der Waals surface area contributed by atoms with Crippen LogP contribution in [-0.2, 0) is 0 Å². The third-order valence-electron chi connectivity index (χ3n) is 9.72. The first-order valence-corrected chi connectivity index (χ1v) is 9.69. The van der Waals surface area contributed by atoms with Crippen molar-refractivity contribution in [3.8, 4) is 0 Å². The number of rotatable bonds is 0. The van der Waals surface area contributed by atoms with E-state index in [1.807, 2.05) is 0 Å². The second-order valence-corrected chi connectivity index (χ2v) is 11.2. The molecule has 0 aromatic rings. The van der Waals surface area contributed by atoms with Gasteiger partial charge in [0.2, 0.25) is 0 Å². The van der Waals surface area contributed by atoms with Gasteiger partial charge in [-0.1, -0.05) is 15.9 Å². The monoisotopic (exact) mass is 318 g/mol. The van der Waals surface area contributed by atoms with Gasteiger partial charge >= 0.3 is 0 Å². The minimum Gasteiger partial charge on any atom is -0.0847 e. The first-order valence-electron chi connectivity index (χ1n) is 8.90. The number of alkyl halides is 1. The number of hydrogen-bond donors (Lipinski definition) is 0. The zero-order valence-electron chi connectivity index (χ0n) is 11.5. The van der Waals surface area contributed by atoms with E-state index in [0.29, 0.717) is 4.32 Å². The Hall–Kier alpha value is 0.480. The fourth-order valence-electron chi connectivity index (χ4n) is 10.2. The Bertz CT molecular complexity index is 474. The summed E-state index contributed by atoms with van der Waals surface area (Å²) < 4.78 is 0.630. The maximum absolute atomic E-state index is 4.40. The van der Waals surface area contributed by atoms with Gasteiger partial charge in [-0.15, -0.1) is 0 Å². The standard InChI is InChI=1S/C18H23Br/c19-18-7-12-10-1-8-2-11(12)16-14(18)4-9-3-13(18)15(10)17(16,5-8)6-9/h8-16H,1-7H2/t8?,9?,10-,11+,12?,13-,14+,15+,16-,17?,18?. The summed E-state index contributed by atoms with van der Waals surface area (Å²) in [6.07, 6.45) is 11.5. The fourth-order valence-corrected chi connectivity index (χ4v) is 11.5. The van der Waals surface area contributed by atoms with E-state index >= 15 is 0 Å². The zero-order chi connectivity index (χ0) is 12.1. The van der Waals surface area contributed by atoms with Crippen molar-refractivity contribution >= 4 is 15.9 Å². The van der Waals surface area contributed by atoms with Gasteiger partial charge in [0.05, 0.1) is 0 Å². The van der Waals surface area contributed by atoms with E-state index in [4.69, 9.17) is 0 Å². The van der Waals surface area contributed by atoms with Gasteiger partial charge in [-0.05, 0) is 104 Å². The van der Waals surface area contributed by atoms with E-state index in [2.05, 4.69) is 15.9 Å². The van der Waals surface area contributed by atoms with E-state index in [9.17, 15) is 0 Å². The highest BCUT2D eigenvalue weighted by atomic mass is 79.9. The molecule has 0 nitrogen and oxygen atoms in total. The molecule has 102 valence electrons. The average molecular weight is 319 g/mol. The molecule has 1 spiro atoms. The summed E-state index contributed by atoms with van der Waals surface area (Å²) in [5, 5.41) is 0. The highest BCUT2D eigenvalue weighted by Gasteiger charge is 2.81. The van der Waals surface area contributed by atoms with E-state index in [-0.39, 0.29) is 0 Å².